The number of alkyl halides is 1. The molecule has 0 spiro atoms. The highest BCUT2D eigenvalue weighted by atomic mass is 19.1. The quantitative estimate of drug-likeness (QED) is 0.774. The fourth-order valence-corrected chi connectivity index (χ4v) is 1.73. The van der Waals surface area contributed by atoms with Crippen LogP contribution in [0.5, 0.6) is 0 Å². The van der Waals surface area contributed by atoms with Gasteiger partial charge in [-0.05, 0) is 0 Å². The van der Waals surface area contributed by atoms with E-state index in [9.17, 15) is 13.6 Å². The summed E-state index contributed by atoms with van der Waals surface area (Å²) in [6, 6.07) is -0.763. The first-order valence-electron chi connectivity index (χ1n) is 4.75. The van der Waals surface area contributed by atoms with Gasteiger partial charge in [-0.1, -0.05) is 0 Å². The van der Waals surface area contributed by atoms with Gasteiger partial charge in [0.05, 0.1) is 18.9 Å². The van der Waals surface area contributed by atoms with E-state index in [0.29, 0.717) is 0 Å². The number of rotatable bonds is 2. The number of nitrogens with zero attached hydrogens (tertiary/aromatic N) is 3. The van der Waals surface area contributed by atoms with Crippen molar-refractivity contribution in [1.82, 2.24) is 9.97 Å². The molecule has 1 aromatic rings. The predicted octanol–water partition coefficient (Wildman–Crippen LogP) is 0.0178. The summed E-state index contributed by atoms with van der Waals surface area (Å²) in [7, 11) is 0. The molecule has 0 saturated carbocycles. The average Bonchev–Trinajstić information content (AvgIpc) is 2.61. The summed E-state index contributed by atoms with van der Waals surface area (Å²) < 4.78 is 25.8. The molecule has 1 amide bonds. The van der Waals surface area contributed by atoms with Gasteiger partial charge < -0.3 is 10.6 Å². The number of anilines is 1. The van der Waals surface area contributed by atoms with Crippen molar-refractivity contribution in [2.45, 2.75) is 18.6 Å². The number of carbonyl (C=O) groups excluding carboxylic acids is 1. The summed E-state index contributed by atoms with van der Waals surface area (Å²) in [4.78, 5) is 19.8. The third kappa shape index (κ3) is 1.93. The molecule has 1 fully saturated rings. The van der Waals surface area contributed by atoms with Crippen LogP contribution in [0.15, 0.2) is 12.4 Å². The molecule has 1 saturated heterocycles. The number of primary amides is 1. The van der Waals surface area contributed by atoms with Gasteiger partial charge in [-0.2, -0.15) is 0 Å². The molecule has 2 N–H and O–H groups in total. The van der Waals surface area contributed by atoms with Crippen LogP contribution < -0.4 is 10.6 Å². The summed E-state index contributed by atoms with van der Waals surface area (Å²) in [5.74, 6) is -1.10. The number of halogens is 2. The maximum absolute atomic E-state index is 13.2. The molecule has 86 valence electrons. The van der Waals surface area contributed by atoms with E-state index in [4.69, 9.17) is 5.73 Å². The molecule has 2 heterocycles. The van der Waals surface area contributed by atoms with Gasteiger partial charge in [0.25, 0.3) is 0 Å². The molecule has 0 bridgehead atoms. The second-order valence-electron chi connectivity index (χ2n) is 3.60. The van der Waals surface area contributed by atoms with Crippen LogP contribution in [-0.4, -0.2) is 34.6 Å². The molecular weight excluding hydrogens is 218 g/mol. The van der Waals surface area contributed by atoms with E-state index in [2.05, 4.69) is 9.97 Å². The lowest BCUT2D eigenvalue weighted by Gasteiger charge is -2.20. The van der Waals surface area contributed by atoms with Crippen LogP contribution in [0.25, 0.3) is 0 Å². The van der Waals surface area contributed by atoms with Gasteiger partial charge >= 0.3 is 0 Å². The van der Waals surface area contributed by atoms with E-state index in [-0.39, 0.29) is 18.9 Å². The van der Waals surface area contributed by atoms with Crippen molar-refractivity contribution in [2.75, 3.05) is 11.4 Å². The van der Waals surface area contributed by atoms with Gasteiger partial charge in [0.15, 0.2) is 5.82 Å². The molecule has 0 unspecified atom stereocenters. The van der Waals surface area contributed by atoms with Crippen LogP contribution in [0, 0.1) is 5.82 Å². The number of amides is 1. The smallest absolute Gasteiger partial charge is 0.240 e. The molecule has 1 aromatic heterocycles. The highest BCUT2D eigenvalue weighted by Gasteiger charge is 2.37. The third-order valence-corrected chi connectivity index (χ3v) is 2.44. The highest BCUT2D eigenvalue weighted by Crippen LogP contribution is 2.23. The predicted molar refractivity (Wildman–Crippen MR) is 51.8 cm³/mol. The lowest BCUT2D eigenvalue weighted by Crippen LogP contribution is -2.41. The molecule has 5 nitrogen and oxygen atoms in total. The van der Waals surface area contributed by atoms with Gasteiger partial charge in [-0.15, -0.1) is 0 Å². The van der Waals surface area contributed by atoms with Gasteiger partial charge in [0, 0.05) is 6.42 Å². The van der Waals surface area contributed by atoms with Crippen LogP contribution in [0.2, 0.25) is 0 Å². The Labute approximate surface area is 90.3 Å². The molecule has 0 radical (unpaired) electrons. The third-order valence-electron chi connectivity index (χ3n) is 2.44. The fraction of sp³-hybridized carbons (Fsp3) is 0.444. The van der Waals surface area contributed by atoms with Crippen LogP contribution in [-0.2, 0) is 4.79 Å². The summed E-state index contributed by atoms with van der Waals surface area (Å²) >= 11 is 0. The monoisotopic (exact) mass is 228 g/mol. The van der Waals surface area contributed by atoms with Crippen molar-refractivity contribution in [1.29, 1.82) is 0 Å². The first kappa shape index (κ1) is 10.7. The molecule has 0 aliphatic carbocycles. The molecule has 1 aliphatic heterocycles. The Bertz CT molecular complexity index is 397. The van der Waals surface area contributed by atoms with Crippen LogP contribution in [0.1, 0.15) is 6.42 Å². The second-order valence-corrected chi connectivity index (χ2v) is 3.60. The first-order valence-corrected chi connectivity index (χ1v) is 4.75. The van der Waals surface area contributed by atoms with E-state index in [1.807, 2.05) is 0 Å². The molecule has 2 rings (SSSR count). The Hall–Kier alpha value is -1.79. The number of nitrogens with two attached hydrogens (primary N) is 1. The molecule has 7 heteroatoms. The van der Waals surface area contributed by atoms with Crippen LogP contribution >= 0.6 is 0 Å². The van der Waals surface area contributed by atoms with Gasteiger partial charge in [-0.25, -0.2) is 18.7 Å². The van der Waals surface area contributed by atoms with Crippen molar-refractivity contribution < 1.29 is 13.6 Å². The molecule has 2 atom stereocenters. The summed E-state index contributed by atoms with van der Waals surface area (Å²) in [6.45, 7) is -0.000755. The number of aromatic nitrogens is 2. The maximum Gasteiger partial charge on any atom is 0.240 e. The summed E-state index contributed by atoms with van der Waals surface area (Å²) in [6.07, 6.45) is 0.805. The topological polar surface area (TPSA) is 72.1 Å². The lowest BCUT2D eigenvalue weighted by molar-refractivity contribution is -0.119. The minimum absolute atomic E-state index is 0.000755. The van der Waals surface area contributed by atoms with E-state index < -0.39 is 23.9 Å². The SMILES string of the molecule is NC(=O)[C@@H]1C[C@@H](F)CN1c1ncc(F)cn1. The molecular formula is C9H10F2N4O. The average molecular weight is 228 g/mol. The summed E-state index contributed by atoms with van der Waals surface area (Å²) in [5, 5.41) is 0. The van der Waals surface area contributed by atoms with Gasteiger partial charge in [0.2, 0.25) is 11.9 Å². The zero-order chi connectivity index (χ0) is 11.7. The number of hydrogen-bond acceptors (Lipinski definition) is 4. The van der Waals surface area contributed by atoms with Gasteiger partial charge in [0.1, 0.15) is 12.2 Å². The van der Waals surface area contributed by atoms with E-state index in [0.717, 1.165) is 12.4 Å². The van der Waals surface area contributed by atoms with Crippen molar-refractivity contribution in [3.8, 4) is 0 Å². The Kier molecular flexibility index (Phi) is 2.67. The first-order chi connectivity index (χ1) is 7.58. The van der Waals surface area contributed by atoms with Crippen molar-refractivity contribution in [3.63, 3.8) is 0 Å². The zero-order valence-electron chi connectivity index (χ0n) is 8.31. The molecule has 0 aromatic carbocycles. The Morgan fingerprint density at radius 3 is 2.69 bits per heavy atom. The Morgan fingerprint density at radius 1 is 1.50 bits per heavy atom. The van der Waals surface area contributed by atoms with Crippen LogP contribution in [0.4, 0.5) is 14.7 Å². The zero-order valence-corrected chi connectivity index (χ0v) is 8.31. The molecule has 1 aliphatic rings. The number of hydrogen-bond donors (Lipinski definition) is 1. The lowest BCUT2D eigenvalue weighted by atomic mass is 10.2. The Morgan fingerprint density at radius 2 is 2.12 bits per heavy atom. The van der Waals surface area contributed by atoms with E-state index >= 15 is 0 Å². The van der Waals surface area contributed by atoms with Crippen LogP contribution in [0.3, 0.4) is 0 Å². The Balaban J connectivity index is 2.25. The largest absolute Gasteiger partial charge is 0.368 e. The van der Waals surface area contributed by atoms with Crippen molar-refractivity contribution in [3.05, 3.63) is 18.2 Å². The van der Waals surface area contributed by atoms with Crippen molar-refractivity contribution in [2.24, 2.45) is 5.73 Å². The minimum Gasteiger partial charge on any atom is -0.368 e. The standard InChI is InChI=1S/C9H10F2N4O/c10-5-1-7(8(12)16)15(4-5)9-13-2-6(11)3-14-9/h2-3,5,7H,1,4H2,(H2,12,16)/t5-,7+/m1/s1. The van der Waals surface area contributed by atoms with E-state index in [1.165, 1.54) is 4.90 Å². The normalized spacial score (nSPS) is 24.8. The number of carbonyl (C=O) groups is 1. The fourth-order valence-electron chi connectivity index (χ4n) is 1.73. The highest BCUT2D eigenvalue weighted by molar-refractivity contribution is 5.83. The van der Waals surface area contributed by atoms with Crippen molar-refractivity contribution >= 4 is 11.9 Å². The second kappa shape index (κ2) is 3.99. The van der Waals surface area contributed by atoms with E-state index in [1.54, 1.807) is 0 Å². The maximum atomic E-state index is 13.2. The summed E-state index contributed by atoms with van der Waals surface area (Å²) in [5.41, 5.74) is 5.14. The molecule has 16 heavy (non-hydrogen) atoms. The van der Waals surface area contributed by atoms with Gasteiger partial charge in [-0.3, -0.25) is 4.79 Å². The minimum atomic E-state index is -1.15.